The number of rotatable bonds is 6. The maximum Gasteiger partial charge on any atom is 0.223 e. The number of amides is 1. The summed E-state index contributed by atoms with van der Waals surface area (Å²) >= 11 is 0. The van der Waals surface area contributed by atoms with Crippen molar-refractivity contribution in [1.29, 1.82) is 0 Å². The summed E-state index contributed by atoms with van der Waals surface area (Å²) < 4.78 is 0. The molecule has 4 N–H and O–H groups in total. The van der Waals surface area contributed by atoms with E-state index in [-0.39, 0.29) is 5.91 Å². The number of nitrogen functional groups attached to an aromatic ring is 1. The van der Waals surface area contributed by atoms with Crippen molar-refractivity contribution in [2.75, 3.05) is 24.1 Å². The molecular weight excluding hydrogens is 216 g/mol. The summed E-state index contributed by atoms with van der Waals surface area (Å²) in [4.78, 5) is 15.4. The lowest BCUT2D eigenvalue weighted by atomic mass is 10.3. The quantitative estimate of drug-likeness (QED) is 0.641. The molecule has 1 saturated carbocycles. The molecule has 17 heavy (non-hydrogen) atoms. The molecule has 5 nitrogen and oxygen atoms in total. The predicted molar refractivity (Wildman–Crippen MR) is 67.5 cm³/mol. The van der Waals surface area contributed by atoms with Crippen LogP contribution in [0.2, 0.25) is 0 Å². The van der Waals surface area contributed by atoms with Gasteiger partial charge in [-0.2, -0.15) is 0 Å². The molecule has 1 fully saturated rings. The molecule has 92 valence electrons. The van der Waals surface area contributed by atoms with E-state index in [1.165, 1.54) is 0 Å². The van der Waals surface area contributed by atoms with Gasteiger partial charge in [-0.25, -0.2) is 4.98 Å². The number of carbonyl (C=O) groups is 1. The van der Waals surface area contributed by atoms with Crippen molar-refractivity contribution < 1.29 is 4.79 Å². The fourth-order valence-corrected chi connectivity index (χ4v) is 1.52. The van der Waals surface area contributed by atoms with Crippen molar-refractivity contribution in [1.82, 2.24) is 10.3 Å². The van der Waals surface area contributed by atoms with Crippen molar-refractivity contribution >= 4 is 17.4 Å². The van der Waals surface area contributed by atoms with Gasteiger partial charge in [0, 0.05) is 19.0 Å². The van der Waals surface area contributed by atoms with Crippen LogP contribution in [-0.2, 0) is 4.79 Å². The van der Waals surface area contributed by atoms with E-state index in [0.29, 0.717) is 11.6 Å². The van der Waals surface area contributed by atoms with Gasteiger partial charge < -0.3 is 16.4 Å². The lowest BCUT2D eigenvalue weighted by molar-refractivity contribution is -0.122. The molecule has 0 radical (unpaired) electrons. The third-order valence-electron chi connectivity index (χ3n) is 2.69. The molecule has 0 aromatic carbocycles. The van der Waals surface area contributed by atoms with Gasteiger partial charge in [-0.3, -0.25) is 4.79 Å². The lowest BCUT2D eigenvalue weighted by Crippen LogP contribution is -2.27. The summed E-state index contributed by atoms with van der Waals surface area (Å²) in [5.74, 6) is 1.31. The number of hydrogen-bond donors (Lipinski definition) is 3. The molecule has 1 aromatic heterocycles. The van der Waals surface area contributed by atoms with Crippen LogP contribution in [0.3, 0.4) is 0 Å². The maximum absolute atomic E-state index is 11.3. The average Bonchev–Trinajstić information content (AvgIpc) is 3.15. The highest BCUT2D eigenvalue weighted by atomic mass is 16.2. The van der Waals surface area contributed by atoms with Crippen molar-refractivity contribution in [2.24, 2.45) is 5.92 Å². The van der Waals surface area contributed by atoms with Crippen LogP contribution >= 0.6 is 0 Å². The molecule has 1 heterocycles. The molecule has 0 bridgehead atoms. The highest BCUT2D eigenvalue weighted by Crippen LogP contribution is 2.28. The first-order chi connectivity index (χ1) is 8.25. The Morgan fingerprint density at radius 3 is 2.88 bits per heavy atom. The van der Waals surface area contributed by atoms with Gasteiger partial charge in [-0.1, -0.05) is 0 Å². The first-order valence-corrected chi connectivity index (χ1v) is 5.99. The van der Waals surface area contributed by atoms with E-state index < -0.39 is 0 Å². The third-order valence-corrected chi connectivity index (χ3v) is 2.69. The van der Waals surface area contributed by atoms with E-state index in [0.717, 1.165) is 38.2 Å². The van der Waals surface area contributed by atoms with Gasteiger partial charge in [0.2, 0.25) is 5.91 Å². The van der Waals surface area contributed by atoms with Crippen LogP contribution in [0.1, 0.15) is 19.3 Å². The van der Waals surface area contributed by atoms with Crippen molar-refractivity contribution in [2.45, 2.75) is 19.3 Å². The Kier molecular flexibility index (Phi) is 3.80. The number of aromatic nitrogens is 1. The average molecular weight is 234 g/mol. The van der Waals surface area contributed by atoms with Crippen LogP contribution in [0.4, 0.5) is 11.5 Å². The smallest absolute Gasteiger partial charge is 0.223 e. The van der Waals surface area contributed by atoms with Crippen LogP contribution in [0.25, 0.3) is 0 Å². The highest BCUT2D eigenvalue weighted by Gasteiger charge is 2.28. The zero-order valence-corrected chi connectivity index (χ0v) is 9.78. The Morgan fingerprint density at radius 2 is 2.24 bits per heavy atom. The molecule has 0 saturated heterocycles. The fraction of sp³-hybridized carbons (Fsp3) is 0.500. The van der Waals surface area contributed by atoms with Crippen molar-refractivity contribution in [3.8, 4) is 0 Å². The number of carbonyl (C=O) groups excluding carboxylic acids is 1. The topological polar surface area (TPSA) is 80.0 Å². The van der Waals surface area contributed by atoms with E-state index in [1.807, 2.05) is 12.1 Å². The summed E-state index contributed by atoms with van der Waals surface area (Å²) in [6.07, 6.45) is 4.63. The number of anilines is 2. The molecule has 1 aliphatic carbocycles. The summed E-state index contributed by atoms with van der Waals surface area (Å²) in [5, 5.41) is 6.09. The Morgan fingerprint density at radius 1 is 1.41 bits per heavy atom. The molecular formula is C12H18N4O. The van der Waals surface area contributed by atoms with Gasteiger partial charge in [0.15, 0.2) is 0 Å². The molecule has 1 aliphatic rings. The lowest BCUT2D eigenvalue weighted by Gasteiger charge is -2.06. The first-order valence-electron chi connectivity index (χ1n) is 5.99. The van der Waals surface area contributed by atoms with Gasteiger partial charge in [0.1, 0.15) is 5.82 Å². The molecule has 0 spiro atoms. The zero-order valence-electron chi connectivity index (χ0n) is 9.78. The molecule has 0 unspecified atom stereocenters. The maximum atomic E-state index is 11.3. The normalized spacial score (nSPS) is 14.4. The van der Waals surface area contributed by atoms with Crippen molar-refractivity contribution in [3.63, 3.8) is 0 Å². The Labute approximate surface area is 101 Å². The highest BCUT2D eigenvalue weighted by molar-refractivity contribution is 5.80. The summed E-state index contributed by atoms with van der Waals surface area (Å²) in [6.45, 7) is 1.51. The van der Waals surface area contributed by atoms with Gasteiger partial charge in [-0.15, -0.1) is 0 Å². The minimum absolute atomic E-state index is 0.204. The van der Waals surface area contributed by atoms with E-state index in [2.05, 4.69) is 15.6 Å². The van der Waals surface area contributed by atoms with Crippen molar-refractivity contribution in [3.05, 3.63) is 18.3 Å². The zero-order chi connectivity index (χ0) is 12.1. The Balaban J connectivity index is 1.56. The van der Waals surface area contributed by atoms with E-state index in [4.69, 9.17) is 5.73 Å². The fourth-order valence-electron chi connectivity index (χ4n) is 1.52. The molecule has 2 rings (SSSR count). The number of pyridine rings is 1. The molecule has 0 aliphatic heterocycles. The van der Waals surface area contributed by atoms with Crippen LogP contribution < -0.4 is 16.4 Å². The standard InChI is InChI=1S/C12H18N4O/c13-10-4-5-11(16-8-10)14-6-1-7-15-12(17)9-2-3-9/h4-5,8-9H,1-3,6-7,13H2,(H,14,16)(H,15,17). The van der Waals surface area contributed by atoms with Gasteiger partial charge in [-0.05, 0) is 31.4 Å². The Bertz CT molecular complexity index is 373. The minimum atomic E-state index is 0.204. The van der Waals surface area contributed by atoms with Gasteiger partial charge in [0.25, 0.3) is 0 Å². The van der Waals surface area contributed by atoms with Gasteiger partial charge >= 0.3 is 0 Å². The largest absolute Gasteiger partial charge is 0.397 e. The van der Waals surface area contributed by atoms with E-state index in [1.54, 1.807) is 6.20 Å². The molecule has 5 heteroatoms. The number of hydrogen-bond acceptors (Lipinski definition) is 4. The SMILES string of the molecule is Nc1ccc(NCCCNC(=O)C2CC2)nc1. The molecule has 0 atom stereocenters. The van der Waals surface area contributed by atoms with Crippen LogP contribution in [0.15, 0.2) is 18.3 Å². The second-order valence-corrected chi connectivity index (χ2v) is 4.32. The van der Waals surface area contributed by atoms with E-state index >= 15 is 0 Å². The van der Waals surface area contributed by atoms with E-state index in [9.17, 15) is 4.79 Å². The summed E-state index contributed by atoms with van der Waals surface area (Å²) in [5.41, 5.74) is 6.19. The molecule has 1 amide bonds. The predicted octanol–water partition coefficient (Wildman–Crippen LogP) is 0.992. The monoisotopic (exact) mass is 234 g/mol. The Hall–Kier alpha value is -1.78. The number of nitrogens with two attached hydrogens (primary N) is 1. The third kappa shape index (κ3) is 3.94. The van der Waals surface area contributed by atoms with Crippen LogP contribution in [0.5, 0.6) is 0 Å². The van der Waals surface area contributed by atoms with Crippen LogP contribution in [-0.4, -0.2) is 24.0 Å². The first kappa shape index (κ1) is 11.7. The minimum Gasteiger partial charge on any atom is -0.397 e. The summed E-state index contributed by atoms with van der Waals surface area (Å²) in [7, 11) is 0. The second kappa shape index (κ2) is 5.52. The second-order valence-electron chi connectivity index (χ2n) is 4.32. The number of nitrogens with zero attached hydrogens (tertiary/aromatic N) is 1. The van der Waals surface area contributed by atoms with Crippen LogP contribution in [0, 0.1) is 5.92 Å². The number of nitrogens with one attached hydrogen (secondary N) is 2. The summed E-state index contributed by atoms with van der Waals surface area (Å²) in [6, 6.07) is 3.66. The molecule has 1 aromatic rings. The van der Waals surface area contributed by atoms with Gasteiger partial charge in [0.05, 0.1) is 11.9 Å².